The maximum atomic E-state index is 12.4. The Bertz CT molecular complexity index is 1080. The van der Waals surface area contributed by atoms with Crippen LogP contribution in [0.4, 0.5) is 5.69 Å². The maximum Gasteiger partial charge on any atom is 0.253 e. The topological polar surface area (TPSA) is 75.3 Å². The van der Waals surface area contributed by atoms with Gasteiger partial charge in [-0.15, -0.1) is 0 Å². The third kappa shape index (κ3) is 4.53. The van der Waals surface area contributed by atoms with E-state index in [4.69, 9.17) is 11.6 Å². The molecule has 0 fully saturated rings. The second kappa shape index (κ2) is 7.35. The number of benzene rings is 3. The largest absolute Gasteiger partial charge is 0.348 e. The Morgan fingerprint density at radius 3 is 2.46 bits per heavy atom. The van der Waals surface area contributed by atoms with Gasteiger partial charge < -0.3 is 5.32 Å². The van der Waals surface area contributed by atoms with Gasteiger partial charge >= 0.3 is 0 Å². The Balaban J connectivity index is 1.75. The number of sulfonamides is 1. The van der Waals surface area contributed by atoms with Gasteiger partial charge in [0.25, 0.3) is 5.91 Å². The van der Waals surface area contributed by atoms with E-state index in [2.05, 4.69) is 10.0 Å². The minimum absolute atomic E-state index is 0.209. The number of halogens is 1. The van der Waals surface area contributed by atoms with Gasteiger partial charge in [0.2, 0.25) is 10.0 Å². The minimum Gasteiger partial charge on any atom is -0.348 e. The molecule has 2 N–H and O–H groups in total. The number of fused-ring (bicyclic) bond motifs is 1. The highest BCUT2D eigenvalue weighted by molar-refractivity contribution is 7.92. The van der Waals surface area contributed by atoms with E-state index in [1.165, 1.54) is 18.2 Å². The number of rotatable bonds is 5. The minimum atomic E-state index is -3.43. The van der Waals surface area contributed by atoms with Gasteiger partial charge in [-0.3, -0.25) is 9.52 Å². The van der Waals surface area contributed by atoms with Gasteiger partial charge in [0.05, 0.1) is 16.8 Å². The van der Waals surface area contributed by atoms with Gasteiger partial charge in [-0.25, -0.2) is 8.42 Å². The molecule has 0 atom stereocenters. The van der Waals surface area contributed by atoms with Gasteiger partial charge in [-0.2, -0.15) is 0 Å². The lowest BCUT2D eigenvalue weighted by Crippen LogP contribution is -2.23. The summed E-state index contributed by atoms with van der Waals surface area (Å²) in [4.78, 5) is 12.4. The second-order valence-corrected chi connectivity index (χ2v) is 8.09. The SMILES string of the molecule is CS(=O)(=O)Nc1ccc(Cl)c(C(=O)NCc2ccc3ccccc3c2)c1. The van der Waals surface area contributed by atoms with E-state index in [9.17, 15) is 13.2 Å². The molecular formula is C19H17ClN2O3S. The number of amides is 1. The first-order chi connectivity index (χ1) is 12.3. The molecule has 0 saturated heterocycles. The molecule has 1 amide bonds. The molecule has 7 heteroatoms. The predicted octanol–water partition coefficient (Wildman–Crippen LogP) is 3.79. The van der Waals surface area contributed by atoms with Crippen LogP contribution in [-0.2, 0) is 16.6 Å². The van der Waals surface area contributed by atoms with E-state index >= 15 is 0 Å². The lowest BCUT2D eigenvalue weighted by molar-refractivity contribution is 0.0951. The summed E-state index contributed by atoms with van der Waals surface area (Å²) in [6.45, 7) is 0.337. The van der Waals surface area contributed by atoms with Crippen LogP contribution >= 0.6 is 11.6 Å². The Kier molecular flexibility index (Phi) is 5.15. The van der Waals surface area contributed by atoms with Crippen LogP contribution in [0.5, 0.6) is 0 Å². The number of anilines is 1. The lowest BCUT2D eigenvalue weighted by atomic mass is 10.1. The summed E-state index contributed by atoms with van der Waals surface area (Å²) in [5.74, 6) is -0.375. The zero-order valence-corrected chi connectivity index (χ0v) is 15.6. The smallest absolute Gasteiger partial charge is 0.253 e. The van der Waals surface area contributed by atoms with Crippen LogP contribution in [0, 0.1) is 0 Å². The first-order valence-electron chi connectivity index (χ1n) is 7.85. The van der Waals surface area contributed by atoms with Crippen molar-refractivity contribution in [3.05, 3.63) is 76.8 Å². The molecule has 0 heterocycles. The first-order valence-corrected chi connectivity index (χ1v) is 10.1. The van der Waals surface area contributed by atoms with Crippen LogP contribution in [0.1, 0.15) is 15.9 Å². The number of carbonyl (C=O) groups is 1. The van der Waals surface area contributed by atoms with Gasteiger partial charge in [0.1, 0.15) is 0 Å². The number of carbonyl (C=O) groups excluding carboxylic acids is 1. The molecule has 0 aromatic heterocycles. The van der Waals surface area contributed by atoms with E-state index in [0.29, 0.717) is 6.54 Å². The van der Waals surface area contributed by atoms with E-state index in [1.54, 1.807) is 0 Å². The number of hydrogen-bond donors (Lipinski definition) is 2. The highest BCUT2D eigenvalue weighted by Crippen LogP contribution is 2.21. The molecule has 0 aliphatic heterocycles. The molecule has 0 saturated carbocycles. The maximum absolute atomic E-state index is 12.4. The van der Waals surface area contributed by atoms with Gasteiger partial charge in [-0.05, 0) is 40.6 Å². The Labute approximate surface area is 157 Å². The highest BCUT2D eigenvalue weighted by Gasteiger charge is 2.13. The molecule has 0 unspecified atom stereocenters. The third-order valence-electron chi connectivity index (χ3n) is 3.78. The van der Waals surface area contributed by atoms with E-state index in [-0.39, 0.29) is 22.2 Å². The zero-order chi connectivity index (χ0) is 18.7. The average molecular weight is 389 g/mol. The molecule has 3 aromatic rings. The van der Waals surface area contributed by atoms with Crippen LogP contribution in [0.3, 0.4) is 0 Å². The van der Waals surface area contributed by atoms with Gasteiger partial charge in [0, 0.05) is 12.2 Å². The normalized spacial score (nSPS) is 11.3. The fraction of sp³-hybridized carbons (Fsp3) is 0.105. The van der Waals surface area contributed by atoms with Crippen molar-refractivity contribution in [2.24, 2.45) is 0 Å². The van der Waals surface area contributed by atoms with E-state index < -0.39 is 10.0 Å². The molecule has 0 radical (unpaired) electrons. The fourth-order valence-electron chi connectivity index (χ4n) is 2.60. The summed E-state index contributed by atoms with van der Waals surface area (Å²) in [6.07, 6.45) is 1.04. The number of nitrogens with one attached hydrogen (secondary N) is 2. The van der Waals surface area contributed by atoms with Gasteiger partial charge in [-0.1, -0.05) is 48.0 Å². The summed E-state index contributed by atoms with van der Waals surface area (Å²) >= 11 is 6.08. The highest BCUT2D eigenvalue weighted by atomic mass is 35.5. The lowest BCUT2D eigenvalue weighted by Gasteiger charge is -2.10. The standard InChI is InChI=1S/C19H17ClN2O3S/c1-26(24,25)22-16-8-9-18(20)17(11-16)19(23)21-12-13-6-7-14-4-2-3-5-15(14)10-13/h2-11,22H,12H2,1H3,(H,21,23). The summed E-state index contributed by atoms with van der Waals surface area (Å²) in [5.41, 5.74) is 1.45. The average Bonchev–Trinajstić information content (AvgIpc) is 2.60. The predicted molar refractivity (Wildman–Crippen MR) is 105 cm³/mol. The Hall–Kier alpha value is -2.57. The van der Waals surface area contributed by atoms with Crippen LogP contribution < -0.4 is 10.0 Å². The van der Waals surface area contributed by atoms with Crippen molar-refractivity contribution in [1.82, 2.24) is 5.32 Å². The first kappa shape index (κ1) is 18.2. The monoisotopic (exact) mass is 388 g/mol. The van der Waals surface area contributed by atoms with Crippen LogP contribution in [0.15, 0.2) is 60.7 Å². The van der Waals surface area contributed by atoms with Crippen molar-refractivity contribution < 1.29 is 13.2 Å². The third-order valence-corrected chi connectivity index (χ3v) is 4.72. The molecule has 0 aliphatic rings. The van der Waals surface area contributed by atoms with Crippen molar-refractivity contribution in [2.75, 3.05) is 11.0 Å². The van der Waals surface area contributed by atoms with Gasteiger partial charge in [0.15, 0.2) is 0 Å². The molecule has 3 rings (SSSR count). The zero-order valence-electron chi connectivity index (χ0n) is 14.0. The number of hydrogen-bond acceptors (Lipinski definition) is 3. The molecule has 5 nitrogen and oxygen atoms in total. The van der Waals surface area contributed by atoms with E-state index in [1.807, 2.05) is 42.5 Å². The summed E-state index contributed by atoms with van der Waals surface area (Å²) < 4.78 is 25.0. The van der Waals surface area contributed by atoms with Crippen molar-refractivity contribution in [1.29, 1.82) is 0 Å². The Morgan fingerprint density at radius 1 is 1.00 bits per heavy atom. The second-order valence-electron chi connectivity index (χ2n) is 5.93. The van der Waals surface area contributed by atoms with Crippen LogP contribution in [0.25, 0.3) is 10.8 Å². The molecule has 134 valence electrons. The van der Waals surface area contributed by atoms with Crippen LogP contribution in [-0.4, -0.2) is 20.6 Å². The molecule has 26 heavy (non-hydrogen) atoms. The fourth-order valence-corrected chi connectivity index (χ4v) is 3.36. The summed E-state index contributed by atoms with van der Waals surface area (Å²) in [5, 5.41) is 5.28. The molecule has 0 bridgehead atoms. The van der Waals surface area contributed by atoms with Crippen LogP contribution in [0.2, 0.25) is 5.02 Å². The molecule has 0 aliphatic carbocycles. The van der Waals surface area contributed by atoms with Crippen molar-refractivity contribution >= 4 is 44.0 Å². The molecular weight excluding hydrogens is 372 g/mol. The quantitative estimate of drug-likeness (QED) is 0.698. The molecule has 3 aromatic carbocycles. The van der Waals surface area contributed by atoms with Crippen molar-refractivity contribution in [3.8, 4) is 0 Å². The van der Waals surface area contributed by atoms with Crippen molar-refractivity contribution in [2.45, 2.75) is 6.54 Å². The molecule has 0 spiro atoms. The summed E-state index contributed by atoms with van der Waals surface area (Å²) in [6, 6.07) is 18.3. The summed E-state index contributed by atoms with van der Waals surface area (Å²) in [7, 11) is -3.43. The Morgan fingerprint density at radius 2 is 1.73 bits per heavy atom. The van der Waals surface area contributed by atoms with E-state index in [0.717, 1.165) is 22.6 Å². The van der Waals surface area contributed by atoms with Crippen molar-refractivity contribution in [3.63, 3.8) is 0 Å².